The minimum absolute atomic E-state index is 0.0568. The van der Waals surface area contributed by atoms with Crippen LogP contribution in [0.3, 0.4) is 0 Å². The molecule has 0 saturated heterocycles. The Morgan fingerprint density at radius 2 is 1.71 bits per heavy atom. The fourth-order valence-corrected chi connectivity index (χ4v) is 5.01. The van der Waals surface area contributed by atoms with Crippen molar-refractivity contribution in [3.63, 3.8) is 0 Å². The minimum Gasteiger partial charge on any atom is -0.493 e. The summed E-state index contributed by atoms with van der Waals surface area (Å²) in [5.74, 6) is 0.746. The van der Waals surface area contributed by atoms with Crippen molar-refractivity contribution < 1.29 is 18.7 Å². The molecule has 1 aliphatic rings. The van der Waals surface area contributed by atoms with Crippen molar-refractivity contribution >= 4 is 28.5 Å². The van der Waals surface area contributed by atoms with Crippen molar-refractivity contribution in [1.82, 2.24) is 4.90 Å². The number of hydrogen-bond acceptors (Lipinski definition) is 5. The molecule has 7 heteroatoms. The highest BCUT2D eigenvalue weighted by Gasteiger charge is 2.43. The second-order valence-corrected chi connectivity index (χ2v) is 9.08. The predicted molar refractivity (Wildman–Crippen MR) is 135 cm³/mol. The topological polar surface area (TPSA) is 69.0 Å². The maximum absolute atomic E-state index is 13.9. The Morgan fingerprint density at radius 1 is 0.971 bits per heavy atom. The van der Waals surface area contributed by atoms with Gasteiger partial charge in [-0.15, -0.1) is 0 Å². The molecule has 1 aromatic heterocycles. The van der Waals surface area contributed by atoms with Gasteiger partial charge in [-0.2, -0.15) is 0 Å². The van der Waals surface area contributed by atoms with E-state index in [1.807, 2.05) is 44.2 Å². The normalized spacial score (nSPS) is 14.9. The number of fused-ring (bicyclic) bond motifs is 2. The molecule has 6 nitrogen and oxygen atoms in total. The molecule has 1 atom stereocenters. The molecule has 0 saturated carbocycles. The first-order chi connectivity index (χ1) is 16.8. The first-order valence-corrected chi connectivity index (χ1v) is 11.6. The number of carbonyl (C=O) groups is 1. The molecular formula is C28H24ClNO5. The Morgan fingerprint density at radius 3 is 2.43 bits per heavy atom. The summed E-state index contributed by atoms with van der Waals surface area (Å²) >= 11 is 6.44. The molecule has 35 heavy (non-hydrogen) atoms. The van der Waals surface area contributed by atoms with E-state index >= 15 is 0 Å². The fourth-order valence-electron chi connectivity index (χ4n) is 4.82. The van der Waals surface area contributed by atoms with Crippen molar-refractivity contribution in [1.29, 1.82) is 0 Å². The lowest BCUT2D eigenvalue weighted by molar-refractivity contribution is 0.0714. The molecule has 0 N–H and O–H groups in total. The van der Waals surface area contributed by atoms with Gasteiger partial charge < -0.3 is 18.8 Å². The van der Waals surface area contributed by atoms with E-state index in [1.54, 1.807) is 43.4 Å². The summed E-state index contributed by atoms with van der Waals surface area (Å²) in [5, 5.41) is 0.998. The van der Waals surface area contributed by atoms with Gasteiger partial charge in [-0.1, -0.05) is 41.9 Å². The lowest BCUT2D eigenvalue weighted by Crippen LogP contribution is -2.29. The number of methoxy groups -OCH3 is 2. The van der Waals surface area contributed by atoms with Crippen LogP contribution in [-0.2, 0) is 6.54 Å². The Balaban J connectivity index is 1.77. The molecule has 0 spiro atoms. The van der Waals surface area contributed by atoms with Gasteiger partial charge >= 0.3 is 0 Å². The van der Waals surface area contributed by atoms with E-state index < -0.39 is 6.04 Å². The smallest absolute Gasteiger partial charge is 0.291 e. The Bertz CT molecular complexity index is 1540. The lowest BCUT2D eigenvalue weighted by Gasteiger charge is -2.26. The van der Waals surface area contributed by atoms with Gasteiger partial charge in [0.1, 0.15) is 5.58 Å². The SMILES string of the molecule is COc1ccc(C2c3c(oc4c(C)cc(C)cc4c3=O)C(=O)N2Cc2ccccc2Cl)cc1OC. The number of nitrogens with zero attached hydrogens (tertiary/aromatic N) is 1. The summed E-state index contributed by atoms with van der Waals surface area (Å²) in [6.07, 6.45) is 0. The van der Waals surface area contributed by atoms with Crippen molar-refractivity contribution in [2.75, 3.05) is 14.2 Å². The number of carbonyl (C=O) groups excluding carboxylic acids is 1. The fraction of sp³-hybridized carbons (Fsp3) is 0.214. The first kappa shape index (κ1) is 23.0. The zero-order valence-electron chi connectivity index (χ0n) is 19.8. The Hall–Kier alpha value is -3.77. The van der Waals surface area contributed by atoms with Crippen LogP contribution in [0.15, 0.2) is 63.8 Å². The summed E-state index contributed by atoms with van der Waals surface area (Å²) in [7, 11) is 3.10. The average Bonchev–Trinajstić information content (AvgIpc) is 3.12. The highest BCUT2D eigenvalue weighted by atomic mass is 35.5. The first-order valence-electron chi connectivity index (χ1n) is 11.2. The largest absolute Gasteiger partial charge is 0.493 e. The van der Waals surface area contributed by atoms with Crippen LogP contribution in [0.25, 0.3) is 11.0 Å². The summed E-state index contributed by atoms with van der Waals surface area (Å²) in [6.45, 7) is 4.01. The number of rotatable bonds is 5. The summed E-state index contributed by atoms with van der Waals surface area (Å²) in [4.78, 5) is 29.2. The number of halogens is 1. The number of hydrogen-bond donors (Lipinski definition) is 0. The summed E-state index contributed by atoms with van der Waals surface area (Å²) in [5.41, 5.74) is 3.75. The summed E-state index contributed by atoms with van der Waals surface area (Å²) < 4.78 is 17.0. The molecule has 2 heterocycles. The maximum Gasteiger partial charge on any atom is 0.291 e. The Kier molecular flexibility index (Phi) is 5.77. The molecule has 1 aliphatic heterocycles. The third kappa shape index (κ3) is 3.74. The van der Waals surface area contributed by atoms with Crippen LogP contribution < -0.4 is 14.9 Å². The van der Waals surface area contributed by atoms with Crippen LogP contribution >= 0.6 is 11.6 Å². The number of aryl methyl sites for hydroxylation is 2. The van der Waals surface area contributed by atoms with Gasteiger partial charge in [0, 0.05) is 11.6 Å². The molecule has 1 unspecified atom stereocenters. The molecule has 1 amide bonds. The number of benzene rings is 3. The van der Waals surface area contributed by atoms with Crippen LogP contribution in [0.5, 0.6) is 11.5 Å². The third-order valence-corrected chi connectivity index (χ3v) is 6.79. The van der Waals surface area contributed by atoms with E-state index in [0.29, 0.717) is 38.6 Å². The third-order valence-electron chi connectivity index (χ3n) is 6.42. The maximum atomic E-state index is 13.9. The zero-order valence-corrected chi connectivity index (χ0v) is 20.6. The van der Waals surface area contributed by atoms with Crippen LogP contribution in [0.1, 0.15) is 44.4 Å². The molecule has 3 aromatic carbocycles. The molecule has 5 rings (SSSR count). The molecule has 0 bridgehead atoms. The highest BCUT2D eigenvalue weighted by molar-refractivity contribution is 6.31. The number of ether oxygens (including phenoxy) is 2. The molecule has 178 valence electrons. The van der Waals surface area contributed by atoms with E-state index in [4.69, 9.17) is 25.5 Å². The van der Waals surface area contributed by atoms with E-state index in [2.05, 4.69) is 0 Å². The second kappa shape index (κ2) is 8.78. The van der Waals surface area contributed by atoms with Gasteiger partial charge in [0.25, 0.3) is 5.91 Å². The summed E-state index contributed by atoms with van der Waals surface area (Å²) in [6, 6.07) is 15.8. The van der Waals surface area contributed by atoms with Crippen molar-refractivity contribution in [3.8, 4) is 11.5 Å². The van der Waals surface area contributed by atoms with Gasteiger partial charge in [0.15, 0.2) is 16.9 Å². The quantitative estimate of drug-likeness (QED) is 0.353. The monoisotopic (exact) mass is 489 g/mol. The molecule has 0 fully saturated rings. The lowest BCUT2D eigenvalue weighted by atomic mass is 9.97. The van der Waals surface area contributed by atoms with Gasteiger partial charge in [-0.25, -0.2) is 0 Å². The van der Waals surface area contributed by atoms with Crippen LogP contribution in [0, 0.1) is 13.8 Å². The van der Waals surface area contributed by atoms with Crippen LogP contribution in [-0.4, -0.2) is 25.0 Å². The molecule has 4 aromatic rings. The molecule has 0 aliphatic carbocycles. The van der Waals surface area contributed by atoms with Crippen LogP contribution in [0.4, 0.5) is 0 Å². The van der Waals surface area contributed by atoms with Gasteiger partial charge in [0.05, 0.1) is 31.2 Å². The van der Waals surface area contributed by atoms with Crippen molar-refractivity contribution in [2.45, 2.75) is 26.4 Å². The van der Waals surface area contributed by atoms with E-state index in [-0.39, 0.29) is 23.6 Å². The standard InChI is InChI=1S/C28H24ClNO5/c1-15-11-16(2)26-19(12-15)25(31)23-24(17-9-10-21(33-3)22(13-17)34-4)30(28(32)27(23)35-26)14-18-7-5-6-8-20(18)29/h5-13,24H,14H2,1-4H3. The van der Waals surface area contributed by atoms with Crippen LogP contribution in [0.2, 0.25) is 5.02 Å². The second-order valence-electron chi connectivity index (χ2n) is 8.67. The van der Waals surface area contributed by atoms with Crippen molar-refractivity contribution in [2.24, 2.45) is 0 Å². The van der Waals surface area contributed by atoms with Gasteiger partial charge in [-0.3, -0.25) is 9.59 Å². The molecule has 0 radical (unpaired) electrons. The average molecular weight is 490 g/mol. The van der Waals surface area contributed by atoms with E-state index in [0.717, 1.165) is 16.7 Å². The predicted octanol–water partition coefficient (Wildman–Crippen LogP) is 5.83. The van der Waals surface area contributed by atoms with Crippen molar-refractivity contribution in [3.05, 3.63) is 103 Å². The minimum atomic E-state index is -0.685. The molecular weight excluding hydrogens is 466 g/mol. The Labute approximate surface area is 207 Å². The zero-order chi connectivity index (χ0) is 24.9. The number of amides is 1. The van der Waals surface area contributed by atoms with E-state index in [9.17, 15) is 9.59 Å². The highest BCUT2D eigenvalue weighted by Crippen LogP contribution is 2.42. The van der Waals surface area contributed by atoms with E-state index in [1.165, 1.54) is 0 Å². The van der Waals surface area contributed by atoms with Gasteiger partial charge in [0.2, 0.25) is 5.76 Å². The van der Waals surface area contributed by atoms with Gasteiger partial charge in [-0.05, 0) is 60.4 Å².